The van der Waals surface area contributed by atoms with Crippen LogP contribution in [-0.2, 0) is 54.4 Å². The highest BCUT2D eigenvalue weighted by Gasteiger charge is 2.37. The number of likely N-dealkylation sites (N-methyl/N-ethyl adjacent to an activating group) is 1. The van der Waals surface area contributed by atoms with Crippen molar-refractivity contribution in [3.05, 3.63) is 47.5 Å². The summed E-state index contributed by atoms with van der Waals surface area (Å²) in [7, 11) is -0.0599. The number of ether oxygens (including phenoxy) is 6. The van der Waals surface area contributed by atoms with E-state index in [1.807, 2.05) is 6.92 Å². The molecule has 4 atom stereocenters. The molecule has 2 aromatic rings. The monoisotopic (exact) mass is 1060 g/mol. The number of fused-ring (bicyclic) bond motifs is 5. The lowest BCUT2D eigenvalue weighted by atomic mass is 9.89. The highest BCUT2D eigenvalue weighted by Crippen LogP contribution is 2.41. The molecule has 21 heteroatoms. The van der Waals surface area contributed by atoms with Gasteiger partial charge in [0.1, 0.15) is 47.0 Å². The molecule has 0 spiro atoms. The van der Waals surface area contributed by atoms with Crippen molar-refractivity contribution in [3.63, 3.8) is 0 Å². The zero-order chi connectivity index (χ0) is 55.8. The number of alkyl carbamates (subject to hydrolysis) is 2. The summed E-state index contributed by atoms with van der Waals surface area (Å²) < 4.78 is 61.7. The standard InChI is InChI=1S/C53H81N5O15S/c1-15-26-69-43-22-20-36-32-39(43)38-30-35(19-21-42(38)70-27-24-55-49(64)72-52(6,7)8)31-40(47(62)68-14)56-45(60)34(2)29-41(59)44(36)58(13)46(61)37(18-16-17-23-54-48(63)71-51(3,4)5)33-74(66,67)28-25-57(12)50(65)73-53(9,10)11/h19-22,30,32,34,37,40,44H,15-18,23-29,31,33H2,1-14H3,(H,54,63)(H,55,64)(H,56,60)/t34-,37-,40+,44+/m1/s1. The Morgan fingerprint density at radius 2 is 1.34 bits per heavy atom. The average Bonchev–Trinajstić information content (AvgIpc) is 3.28. The minimum absolute atomic E-state index is 0.00405. The first-order valence-electron chi connectivity index (χ1n) is 25.1. The molecule has 20 nitrogen and oxygen atoms in total. The van der Waals surface area contributed by atoms with E-state index in [0.29, 0.717) is 53.2 Å². The van der Waals surface area contributed by atoms with E-state index in [0.717, 1.165) is 4.90 Å². The SMILES string of the molecule is CCCOc1ccc2cc1-c1cc(ccc1OCCNC(=O)OC(C)(C)C)C[C@@H](C(=O)OC)NC(=O)[C@H](C)CC(=O)[C@H]2N(C)C(=O)[C@H](CCCCNC(=O)OC(C)(C)C)CS(=O)(=O)CCN(C)C(=O)OC(C)(C)C. The second-order valence-electron chi connectivity index (χ2n) is 21.6. The molecule has 0 aromatic heterocycles. The Bertz CT molecular complexity index is 2390. The van der Waals surface area contributed by atoms with E-state index in [4.69, 9.17) is 28.4 Å². The summed E-state index contributed by atoms with van der Waals surface area (Å²) in [5.41, 5.74) is -0.488. The molecule has 3 rings (SSSR count). The van der Waals surface area contributed by atoms with Crippen LogP contribution in [0.4, 0.5) is 14.4 Å². The van der Waals surface area contributed by atoms with Gasteiger partial charge in [-0.05, 0) is 117 Å². The van der Waals surface area contributed by atoms with Crippen molar-refractivity contribution >= 4 is 51.7 Å². The van der Waals surface area contributed by atoms with Crippen LogP contribution in [0.2, 0.25) is 0 Å². The molecule has 1 aliphatic rings. The number of amides is 5. The number of esters is 1. The van der Waals surface area contributed by atoms with E-state index >= 15 is 4.79 Å². The van der Waals surface area contributed by atoms with Gasteiger partial charge in [0.25, 0.3) is 0 Å². The number of carbonyl (C=O) groups excluding carboxylic acids is 7. The zero-order valence-electron chi connectivity index (χ0n) is 45.9. The zero-order valence-corrected chi connectivity index (χ0v) is 46.7. The number of unbranched alkanes of at least 4 members (excludes halogenated alkanes) is 1. The number of methoxy groups -OCH3 is 1. The first kappa shape index (κ1) is 62.2. The van der Waals surface area contributed by atoms with Crippen molar-refractivity contribution in [1.82, 2.24) is 25.8 Å². The molecule has 0 unspecified atom stereocenters. The van der Waals surface area contributed by atoms with Crippen LogP contribution in [0.15, 0.2) is 36.4 Å². The normalized spacial score (nSPS) is 16.8. The number of rotatable bonds is 20. The molecule has 0 radical (unpaired) electrons. The van der Waals surface area contributed by atoms with E-state index in [1.54, 1.807) is 98.7 Å². The maximum atomic E-state index is 15.1. The van der Waals surface area contributed by atoms with E-state index in [1.165, 1.54) is 33.0 Å². The number of hydrogen-bond acceptors (Lipinski definition) is 15. The Balaban J connectivity index is 2.20. The Kier molecular flexibility index (Phi) is 23.0. The van der Waals surface area contributed by atoms with Gasteiger partial charge >= 0.3 is 24.2 Å². The van der Waals surface area contributed by atoms with Crippen LogP contribution in [0.1, 0.15) is 125 Å². The fourth-order valence-electron chi connectivity index (χ4n) is 7.76. The molecular weight excluding hydrogens is 979 g/mol. The molecule has 2 aromatic carbocycles. The molecule has 0 saturated carbocycles. The number of hydrogen-bond donors (Lipinski definition) is 3. The summed E-state index contributed by atoms with van der Waals surface area (Å²) in [6.07, 6.45) is -1.10. The number of carbonyl (C=O) groups is 7. The molecular formula is C53H81N5O15S. The first-order chi connectivity index (χ1) is 34.3. The maximum Gasteiger partial charge on any atom is 0.410 e. The molecule has 0 saturated heterocycles. The lowest BCUT2D eigenvalue weighted by Gasteiger charge is -2.32. The number of ketones is 1. The molecule has 0 aliphatic carbocycles. The molecule has 74 heavy (non-hydrogen) atoms. The van der Waals surface area contributed by atoms with Gasteiger partial charge in [-0.15, -0.1) is 0 Å². The molecule has 0 fully saturated rings. The third kappa shape index (κ3) is 21.0. The van der Waals surface area contributed by atoms with Crippen LogP contribution in [0.25, 0.3) is 11.1 Å². The van der Waals surface area contributed by atoms with Gasteiger partial charge in [-0.25, -0.2) is 27.6 Å². The number of nitrogens with one attached hydrogen (secondary N) is 3. The Morgan fingerprint density at radius 3 is 1.92 bits per heavy atom. The Hall–Kier alpha value is -6.12. The van der Waals surface area contributed by atoms with Crippen molar-refractivity contribution < 1.29 is 70.4 Å². The minimum Gasteiger partial charge on any atom is -0.493 e. The van der Waals surface area contributed by atoms with E-state index in [9.17, 15) is 37.2 Å². The second-order valence-corrected chi connectivity index (χ2v) is 23.8. The molecule has 4 bridgehead atoms. The Morgan fingerprint density at radius 1 is 0.770 bits per heavy atom. The third-order valence-corrected chi connectivity index (χ3v) is 13.0. The summed E-state index contributed by atoms with van der Waals surface area (Å²) in [6.45, 7) is 19.2. The molecule has 5 amide bonds. The lowest BCUT2D eigenvalue weighted by Crippen LogP contribution is -2.46. The topological polar surface area (TPSA) is 252 Å². The minimum atomic E-state index is -4.07. The predicted octanol–water partition coefficient (Wildman–Crippen LogP) is 6.95. The van der Waals surface area contributed by atoms with Crippen LogP contribution in [0, 0.1) is 11.8 Å². The summed E-state index contributed by atoms with van der Waals surface area (Å²) in [6, 6.07) is 7.60. The molecule has 1 heterocycles. The number of sulfone groups is 1. The first-order valence-corrected chi connectivity index (χ1v) is 26.9. The van der Waals surface area contributed by atoms with E-state index < -0.39 is 110 Å². The van der Waals surface area contributed by atoms with Crippen LogP contribution < -0.4 is 25.4 Å². The molecule has 1 aliphatic heterocycles. The highest BCUT2D eigenvalue weighted by molar-refractivity contribution is 7.91. The maximum absolute atomic E-state index is 15.1. The van der Waals surface area contributed by atoms with Gasteiger partial charge in [0.15, 0.2) is 15.6 Å². The largest absolute Gasteiger partial charge is 0.493 e. The van der Waals surface area contributed by atoms with Crippen molar-refractivity contribution in [2.45, 2.75) is 144 Å². The summed E-state index contributed by atoms with van der Waals surface area (Å²) >= 11 is 0. The van der Waals surface area contributed by atoms with Gasteiger partial charge in [-0.2, -0.15) is 0 Å². The number of nitrogens with zero attached hydrogens (tertiary/aromatic N) is 2. The average molecular weight is 1060 g/mol. The van der Waals surface area contributed by atoms with Gasteiger partial charge in [0, 0.05) is 57.1 Å². The predicted molar refractivity (Wildman–Crippen MR) is 278 cm³/mol. The summed E-state index contributed by atoms with van der Waals surface area (Å²) in [5.74, 6) is -5.24. The molecule has 3 N–H and O–H groups in total. The number of benzene rings is 2. The quantitative estimate of drug-likeness (QED) is 0.0690. The van der Waals surface area contributed by atoms with Crippen LogP contribution >= 0.6 is 0 Å². The summed E-state index contributed by atoms with van der Waals surface area (Å²) in [4.78, 5) is 97.0. The van der Waals surface area contributed by atoms with Gasteiger partial charge < -0.3 is 54.2 Å². The van der Waals surface area contributed by atoms with Crippen molar-refractivity contribution in [2.75, 3.05) is 65.6 Å². The lowest BCUT2D eigenvalue weighted by molar-refractivity contribution is -0.146. The van der Waals surface area contributed by atoms with Crippen molar-refractivity contribution in [3.8, 4) is 22.6 Å². The smallest absolute Gasteiger partial charge is 0.410 e. The van der Waals surface area contributed by atoms with Crippen LogP contribution in [0.3, 0.4) is 0 Å². The van der Waals surface area contributed by atoms with Gasteiger partial charge in [-0.3, -0.25) is 14.4 Å². The second kappa shape index (κ2) is 27.4. The van der Waals surface area contributed by atoms with Crippen LogP contribution in [0.5, 0.6) is 11.5 Å². The van der Waals surface area contributed by atoms with Crippen LogP contribution in [-0.4, -0.2) is 148 Å². The highest BCUT2D eigenvalue weighted by atomic mass is 32.2. The van der Waals surface area contributed by atoms with Gasteiger partial charge in [0.2, 0.25) is 11.8 Å². The van der Waals surface area contributed by atoms with Crippen molar-refractivity contribution in [1.29, 1.82) is 0 Å². The third-order valence-electron chi connectivity index (χ3n) is 11.3. The summed E-state index contributed by atoms with van der Waals surface area (Å²) in [5, 5.41) is 8.09. The van der Waals surface area contributed by atoms with Gasteiger partial charge in [0.05, 0.1) is 37.7 Å². The molecule has 414 valence electrons. The fraction of sp³-hybridized carbons (Fsp3) is 0.642. The fourth-order valence-corrected chi connectivity index (χ4v) is 9.40. The number of Topliss-reactive ketones (excluding diaryl/α,β-unsaturated/α-hetero) is 1. The van der Waals surface area contributed by atoms with E-state index in [-0.39, 0.29) is 45.5 Å². The Labute approximate surface area is 437 Å². The van der Waals surface area contributed by atoms with Gasteiger partial charge in [-0.1, -0.05) is 32.4 Å². The van der Waals surface area contributed by atoms with E-state index in [2.05, 4.69) is 16.0 Å². The van der Waals surface area contributed by atoms with Crippen molar-refractivity contribution in [2.24, 2.45) is 11.8 Å².